The predicted molar refractivity (Wildman–Crippen MR) is 96.7 cm³/mol. The summed E-state index contributed by atoms with van der Waals surface area (Å²) in [7, 11) is 1.79. The maximum absolute atomic E-state index is 12.0. The van der Waals surface area contributed by atoms with Gasteiger partial charge >= 0.3 is 12.0 Å². The van der Waals surface area contributed by atoms with Gasteiger partial charge in [0, 0.05) is 57.7 Å². The molecule has 1 aromatic heterocycles. The monoisotopic (exact) mass is 348 g/mol. The Balaban J connectivity index is 1.61. The zero-order valence-electron chi connectivity index (χ0n) is 14.9. The van der Waals surface area contributed by atoms with Crippen LogP contribution in [0.25, 0.3) is 0 Å². The normalized spacial score (nSPS) is 15.0. The van der Waals surface area contributed by atoms with Crippen molar-refractivity contribution in [3.05, 3.63) is 24.5 Å². The first kappa shape index (κ1) is 19.0. The Morgan fingerprint density at radius 3 is 2.64 bits per heavy atom. The van der Waals surface area contributed by atoms with Crippen LogP contribution in [0.4, 0.5) is 10.5 Å². The molecule has 138 valence electrons. The molecule has 0 bridgehead atoms. The summed E-state index contributed by atoms with van der Waals surface area (Å²) >= 11 is 0. The molecule has 0 atom stereocenters. The third-order valence-electron chi connectivity index (χ3n) is 4.71. The van der Waals surface area contributed by atoms with E-state index >= 15 is 0 Å². The van der Waals surface area contributed by atoms with Gasteiger partial charge in [-0.1, -0.05) is 0 Å². The van der Waals surface area contributed by atoms with Crippen LogP contribution in [0.5, 0.6) is 0 Å². The number of nitrogens with one attached hydrogen (secondary N) is 1. The highest BCUT2D eigenvalue weighted by Crippen LogP contribution is 2.24. The van der Waals surface area contributed by atoms with E-state index in [0.717, 1.165) is 38.9 Å². The number of carboxylic acid groups (broad SMARTS) is 1. The SMILES string of the molecule is CN(CCC1CCN(c2ccncc2)CC1)C(=O)NCCCC(=O)O. The molecule has 2 heterocycles. The van der Waals surface area contributed by atoms with E-state index in [1.807, 2.05) is 24.5 Å². The van der Waals surface area contributed by atoms with Crippen LogP contribution in [-0.2, 0) is 4.79 Å². The van der Waals surface area contributed by atoms with Crippen LogP contribution < -0.4 is 10.2 Å². The molecule has 0 unspecified atom stereocenters. The largest absolute Gasteiger partial charge is 0.481 e. The highest BCUT2D eigenvalue weighted by Gasteiger charge is 2.20. The number of carboxylic acids is 1. The lowest BCUT2D eigenvalue weighted by Gasteiger charge is -2.34. The number of nitrogens with zero attached hydrogens (tertiary/aromatic N) is 3. The molecule has 2 amide bonds. The van der Waals surface area contributed by atoms with Crippen LogP contribution >= 0.6 is 0 Å². The lowest BCUT2D eigenvalue weighted by atomic mass is 9.93. The molecule has 2 N–H and O–H groups in total. The van der Waals surface area contributed by atoms with E-state index in [0.29, 0.717) is 18.9 Å². The first-order valence-electron chi connectivity index (χ1n) is 8.92. The third kappa shape index (κ3) is 6.60. The fourth-order valence-corrected chi connectivity index (χ4v) is 3.08. The first-order valence-corrected chi connectivity index (χ1v) is 8.92. The van der Waals surface area contributed by atoms with E-state index in [1.54, 1.807) is 11.9 Å². The molecule has 1 fully saturated rings. The van der Waals surface area contributed by atoms with E-state index < -0.39 is 5.97 Å². The molecular weight excluding hydrogens is 320 g/mol. The summed E-state index contributed by atoms with van der Waals surface area (Å²) in [5, 5.41) is 11.3. The van der Waals surface area contributed by atoms with Gasteiger partial charge in [0.15, 0.2) is 0 Å². The number of amides is 2. The molecule has 0 radical (unpaired) electrons. The molecule has 0 aliphatic carbocycles. The number of aliphatic carboxylic acids is 1. The second-order valence-corrected chi connectivity index (χ2v) is 6.58. The summed E-state index contributed by atoms with van der Waals surface area (Å²) in [6.45, 7) is 3.21. The number of urea groups is 1. The molecule has 0 spiro atoms. The van der Waals surface area contributed by atoms with Crippen LogP contribution in [0.2, 0.25) is 0 Å². The van der Waals surface area contributed by atoms with Crippen LogP contribution in [0.1, 0.15) is 32.1 Å². The number of hydrogen-bond acceptors (Lipinski definition) is 4. The Morgan fingerprint density at radius 1 is 1.32 bits per heavy atom. The van der Waals surface area contributed by atoms with Crippen molar-refractivity contribution in [2.45, 2.75) is 32.1 Å². The van der Waals surface area contributed by atoms with Gasteiger partial charge in [-0.05, 0) is 43.7 Å². The summed E-state index contributed by atoms with van der Waals surface area (Å²) in [5.74, 6) is -0.193. The second-order valence-electron chi connectivity index (χ2n) is 6.58. The average molecular weight is 348 g/mol. The van der Waals surface area contributed by atoms with E-state index in [1.165, 1.54) is 5.69 Å². The summed E-state index contributed by atoms with van der Waals surface area (Å²) in [6, 6.07) is 3.96. The number of aromatic nitrogens is 1. The number of pyridine rings is 1. The van der Waals surface area contributed by atoms with E-state index in [4.69, 9.17) is 5.11 Å². The van der Waals surface area contributed by atoms with Crippen molar-refractivity contribution < 1.29 is 14.7 Å². The first-order chi connectivity index (χ1) is 12.1. The zero-order chi connectivity index (χ0) is 18.1. The highest BCUT2D eigenvalue weighted by molar-refractivity contribution is 5.73. The molecule has 0 aromatic carbocycles. The molecule has 0 saturated carbocycles. The van der Waals surface area contributed by atoms with Gasteiger partial charge in [-0.2, -0.15) is 0 Å². The zero-order valence-corrected chi connectivity index (χ0v) is 14.9. The van der Waals surface area contributed by atoms with E-state index in [-0.39, 0.29) is 12.5 Å². The van der Waals surface area contributed by atoms with Gasteiger partial charge < -0.3 is 20.2 Å². The minimum Gasteiger partial charge on any atom is -0.481 e. The van der Waals surface area contributed by atoms with Crippen molar-refractivity contribution in [3.63, 3.8) is 0 Å². The Labute approximate surface area is 149 Å². The van der Waals surface area contributed by atoms with Gasteiger partial charge in [0.25, 0.3) is 0 Å². The Bertz CT molecular complexity index is 545. The molecule has 1 aliphatic heterocycles. The number of hydrogen-bond donors (Lipinski definition) is 2. The summed E-state index contributed by atoms with van der Waals surface area (Å²) in [6.07, 6.45) is 7.47. The summed E-state index contributed by atoms with van der Waals surface area (Å²) in [4.78, 5) is 30.5. The third-order valence-corrected chi connectivity index (χ3v) is 4.71. The number of anilines is 1. The maximum Gasteiger partial charge on any atom is 0.317 e. The number of carbonyl (C=O) groups excluding carboxylic acids is 1. The smallest absolute Gasteiger partial charge is 0.317 e. The quantitative estimate of drug-likeness (QED) is 0.704. The molecule has 25 heavy (non-hydrogen) atoms. The van der Waals surface area contributed by atoms with Gasteiger partial charge in [-0.3, -0.25) is 9.78 Å². The lowest BCUT2D eigenvalue weighted by Crippen LogP contribution is -2.40. The Morgan fingerprint density at radius 2 is 2.00 bits per heavy atom. The number of rotatable bonds is 8. The van der Waals surface area contributed by atoms with Gasteiger partial charge in [0.2, 0.25) is 0 Å². The second kappa shape index (κ2) is 9.86. The molecule has 1 saturated heterocycles. The molecule has 2 rings (SSSR count). The van der Waals surface area contributed by atoms with Crippen molar-refractivity contribution in [1.82, 2.24) is 15.2 Å². The van der Waals surface area contributed by atoms with Crippen molar-refractivity contribution in [1.29, 1.82) is 0 Å². The van der Waals surface area contributed by atoms with Gasteiger partial charge in [-0.25, -0.2) is 4.79 Å². The maximum atomic E-state index is 12.0. The van der Waals surface area contributed by atoms with Gasteiger partial charge in [0.05, 0.1) is 0 Å². The Hall–Kier alpha value is -2.31. The van der Waals surface area contributed by atoms with Crippen LogP contribution in [0.15, 0.2) is 24.5 Å². The fourth-order valence-electron chi connectivity index (χ4n) is 3.08. The minimum atomic E-state index is -0.833. The standard InChI is InChI=1S/C18H28N4O3/c1-21(18(25)20-9-2-3-17(23)24)12-6-15-7-13-22(14-8-15)16-4-10-19-11-5-16/h4-5,10-11,15H,2-3,6-9,12-14H2,1H3,(H,20,25)(H,23,24). The minimum absolute atomic E-state index is 0.0834. The van der Waals surface area contributed by atoms with Crippen LogP contribution in [-0.4, -0.2) is 60.2 Å². The molecular formula is C18H28N4O3. The van der Waals surface area contributed by atoms with Crippen molar-refractivity contribution in [2.24, 2.45) is 5.92 Å². The molecule has 7 nitrogen and oxygen atoms in total. The molecule has 7 heteroatoms. The topological polar surface area (TPSA) is 85.8 Å². The predicted octanol–water partition coefficient (Wildman–Crippen LogP) is 2.19. The van der Waals surface area contributed by atoms with Crippen molar-refractivity contribution in [3.8, 4) is 0 Å². The summed E-state index contributed by atoms with van der Waals surface area (Å²) < 4.78 is 0. The van der Waals surface area contributed by atoms with Crippen molar-refractivity contribution in [2.75, 3.05) is 38.1 Å². The molecule has 1 aromatic rings. The fraction of sp³-hybridized carbons (Fsp3) is 0.611. The lowest BCUT2D eigenvalue weighted by molar-refractivity contribution is -0.137. The van der Waals surface area contributed by atoms with Gasteiger partial charge in [-0.15, -0.1) is 0 Å². The highest BCUT2D eigenvalue weighted by atomic mass is 16.4. The van der Waals surface area contributed by atoms with Crippen LogP contribution in [0, 0.1) is 5.92 Å². The number of carbonyl (C=O) groups is 2. The van der Waals surface area contributed by atoms with Crippen molar-refractivity contribution >= 4 is 17.7 Å². The van der Waals surface area contributed by atoms with Gasteiger partial charge in [0.1, 0.15) is 0 Å². The molecule has 1 aliphatic rings. The van der Waals surface area contributed by atoms with E-state index in [9.17, 15) is 9.59 Å². The van der Waals surface area contributed by atoms with E-state index in [2.05, 4.69) is 15.2 Å². The average Bonchev–Trinajstić information content (AvgIpc) is 2.64. The summed E-state index contributed by atoms with van der Waals surface area (Å²) in [5.41, 5.74) is 1.23. The Kier molecular flexibility index (Phi) is 7.50. The van der Waals surface area contributed by atoms with Crippen LogP contribution in [0.3, 0.4) is 0 Å². The number of piperidine rings is 1.